The van der Waals surface area contributed by atoms with E-state index in [0.29, 0.717) is 5.95 Å². The molecule has 1 heterocycles. The van der Waals surface area contributed by atoms with Crippen LogP contribution in [0, 0.1) is 6.92 Å². The fraction of sp³-hybridized carbons (Fsp3) is 0.0588. The van der Waals surface area contributed by atoms with Gasteiger partial charge in [0.1, 0.15) is 0 Å². The van der Waals surface area contributed by atoms with E-state index in [0.717, 1.165) is 26.1 Å². The van der Waals surface area contributed by atoms with Crippen molar-refractivity contribution in [1.29, 1.82) is 0 Å². The van der Waals surface area contributed by atoms with Gasteiger partial charge in [0.15, 0.2) is 0 Å². The van der Waals surface area contributed by atoms with E-state index >= 15 is 0 Å². The number of nitrogens with two attached hydrogens (primary N) is 1. The number of nitrogen functional groups attached to an aromatic ring is 1. The highest BCUT2D eigenvalue weighted by molar-refractivity contribution is 7.99. The molecule has 0 spiro atoms. The van der Waals surface area contributed by atoms with Crippen LogP contribution >= 0.6 is 23.4 Å². The fourth-order valence-corrected chi connectivity index (χ4v) is 3.23. The molecule has 0 radical (unpaired) electrons. The highest BCUT2D eigenvalue weighted by Crippen LogP contribution is 2.34. The number of benzene rings is 2. The van der Waals surface area contributed by atoms with Gasteiger partial charge >= 0.3 is 0 Å². The molecule has 0 unspecified atom stereocenters. The lowest BCUT2D eigenvalue weighted by atomic mass is 10.2. The highest BCUT2D eigenvalue weighted by atomic mass is 35.5. The van der Waals surface area contributed by atoms with Crippen LogP contribution in [-0.4, -0.2) is 15.9 Å². The van der Waals surface area contributed by atoms with Crippen molar-refractivity contribution in [2.75, 3.05) is 5.73 Å². The predicted octanol–water partition coefficient (Wildman–Crippen LogP) is 4.46. The third-order valence-corrected chi connectivity index (χ3v) is 4.74. The van der Waals surface area contributed by atoms with Gasteiger partial charge in [-0.15, -0.1) is 0 Å². The summed E-state index contributed by atoms with van der Waals surface area (Å²) in [5.74, 6) is 0.370. The molecule has 116 valence electrons. The molecule has 6 heteroatoms. The maximum atomic E-state index is 6.24. The Morgan fingerprint density at radius 1 is 1.13 bits per heavy atom. The Hall–Kier alpha value is -2.24. The summed E-state index contributed by atoms with van der Waals surface area (Å²) in [4.78, 5) is 6.21. The van der Waals surface area contributed by atoms with Crippen molar-refractivity contribution in [3.8, 4) is 0 Å². The molecule has 0 aliphatic carbocycles. The van der Waals surface area contributed by atoms with E-state index in [9.17, 15) is 0 Å². The van der Waals surface area contributed by atoms with Gasteiger partial charge < -0.3 is 5.73 Å². The van der Waals surface area contributed by atoms with Gasteiger partial charge in [-0.25, -0.2) is 9.66 Å². The van der Waals surface area contributed by atoms with Crippen molar-refractivity contribution in [1.82, 2.24) is 9.66 Å². The molecule has 0 atom stereocenters. The maximum absolute atomic E-state index is 6.24. The lowest BCUT2D eigenvalue weighted by molar-refractivity contribution is 0.896. The second-order valence-electron chi connectivity index (χ2n) is 4.90. The summed E-state index contributed by atoms with van der Waals surface area (Å²) in [6.45, 7) is 1.88. The van der Waals surface area contributed by atoms with Crippen LogP contribution in [0.2, 0.25) is 5.02 Å². The quantitative estimate of drug-likeness (QED) is 0.712. The zero-order valence-corrected chi connectivity index (χ0v) is 14.1. The molecule has 0 fully saturated rings. The van der Waals surface area contributed by atoms with Crippen molar-refractivity contribution in [3.63, 3.8) is 0 Å². The minimum Gasteiger partial charge on any atom is -0.368 e. The lowest BCUT2D eigenvalue weighted by Gasteiger charge is -2.07. The van der Waals surface area contributed by atoms with Crippen LogP contribution in [0.4, 0.5) is 5.95 Å². The van der Waals surface area contributed by atoms with Gasteiger partial charge in [0.25, 0.3) is 0 Å². The summed E-state index contributed by atoms with van der Waals surface area (Å²) in [6, 6.07) is 15.8. The number of aromatic nitrogens is 2. The number of aryl methyl sites for hydroxylation is 1. The molecule has 3 rings (SSSR count). The van der Waals surface area contributed by atoms with Crippen LogP contribution in [0.5, 0.6) is 0 Å². The molecule has 0 amide bonds. The van der Waals surface area contributed by atoms with Crippen LogP contribution in [-0.2, 0) is 0 Å². The maximum Gasteiger partial charge on any atom is 0.221 e. The first kappa shape index (κ1) is 15.6. The summed E-state index contributed by atoms with van der Waals surface area (Å²) in [5, 5.41) is 5.11. The molecule has 3 aromatic rings. The van der Waals surface area contributed by atoms with Crippen molar-refractivity contribution in [2.24, 2.45) is 5.10 Å². The number of rotatable bonds is 4. The molecule has 23 heavy (non-hydrogen) atoms. The molecule has 2 aromatic carbocycles. The van der Waals surface area contributed by atoms with E-state index in [1.165, 1.54) is 0 Å². The van der Waals surface area contributed by atoms with E-state index in [2.05, 4.69) is 10.1 Å². The monoisotopic (exact) mass is 342 g/mol. The number of anilines is 1. The topological polar surface area (TPSA) is 56.2 Å². The van der Waals surface area contributed by atoms with Gasteiger partial charge in [0, 0.05) is 15.4 Å². The Balaban J connectivity index is 1.89. The minimum atomic E-state index is 0.370. The summed E-state index contributed by atoms with van der Waals surface area (Å²) in [5.41, 5.74) is 7.62. The third-order valence-electron chi connectivity index (χ3n) is 3.13. The number of imidazole rings is 1. The fourth-order valence-electron chi connectivity index (χ4n) is 2.05. The first-order valence-corrected chi connectivity index (χ1v) is 8.20. The second kappa shape index (κ2) is 6.89. The van der Waals surface area contributed by atoms with Gasteiger partial charge in [0.05, 0.1) is 23.1 Å². The van der Waals surface area contributed by atoms with Crippen LogP contribution in [0.15, 0.2) is 69.6 Å². The summed E-state index contributed by atoms with van der Waals surface area (Å²) in [6.07, 6.45) is 3.56. The first-order chi connectivity index (χ1) is 11.1. The Morgan fingerprint density at radius 3 is 2.52 bits per heavy atom. The van der Waals surface area contributed by atoms with E-state index in [-0.39, 0.29) is 0 Å². The normalized spacial score (nSPS) is 11.2. The van der Waals surface area contributed by atoms with Gasteiger partial charge in [-0.1, -0.05) is 53.7 Å². The zero-order chi connectivity index (χ0) is 16.2. The number of hydrogen-bond donors (Lipinski definition) is 1. The van der Waals surface area contributed by atoms with E-state index < -0.39 is 0 Å². The van der Waals surface area contributed by atoms with Crippen molar-refractivity contribution in [2.45, 2.75) is 16.7 Å². The Labute approximate surface area is 144 Å². The highest BCUT2D eigenvalue weighted by Gasteiger charge is 2.06. The average molecular weight is 343 g/mol. The summed E-state index contributed by atoms with van der Waals surface area (Å²) < 4.78 is 1.56. The number of nitrogens with zero attached hydrogens (tertiary/aromatic N) is 3. The summed E-state index contributed by atoms with van der Waals surface area (Å²) in [7, 11) is 0. The molecule has 0 saturated carbocycles. The van der Waals surface area contributed by atoms with Crippen molar-refractivity contribution in [3.05, 3.63) is 71.0 Å². The molecule has 4 nitrogen and oxygen atoms in total. The molecular formula is C17H15ClN4S. The average Bonchev–Trinajstić information content (AvgIpc) is 2.86. The third kappa shape index (κ3) is 3.75. The Kier molecular flexibility index (Phi) is 4.69. The SMILES string of the molecule is Cc1cn(N=Cc2ccccc2Sc2ccccc2Cl)c(N)n1. The zero-order valence-electron chi connectivity index (χ0n) is 12.5. The van der Waals surface area contributed by atoms with Crippen LogP contribution in [0.3, 0.4) is 0 Å². The molecule has 2 N–H and O–H groups in total. The largest absolute Gasteiger partial charge is 0.368 e. The van der Waals surface area contributed by atoms with Crippen LogP contribution < -0.4 is 5.73 Å². The molecular weight excluding hydrogens is 328 g/mol. The summed E-state index contributed by atoms with van der Waals surface area (Å²) >= 11 is 7.85. The molecule has 0 aliphatic heterocycles. The van der Waals surface area contributed by atoms with Gasteiger partial charge in [0.2, 0.25) is 5.95 Å². The lowest BCUT2D eigenvalue weighted by Crippen LogP contribution is -1.97. The van der Waals surface area contributed by atoms with Gasteiger partial charge in [-0.05, 0) is 25.1 Å². The van der Waals surface area contributed by atoms with E-state index in [4.69, 9.17) is 17.3 Å². The number of halogens is 1. The van der Waals surface area contributed by atoms with Crippen LogP contribution in [0.25, 0.3) is 0 Å². The van der Waals surface area contributed by atoms with Gasteiger partial charge in [-0.2, -0.15) is 5.10 Å². The molecule has 1 aromatic heterocycles. The Morgan fingerprint density at radius 2 is 1.83 bits per heavy atom. The predicted molar refractivity (Wildman–Crippen MR) is 96.4 cm³/mol. The first-order valence-electron chi connectivity index (χ1n) is 7.01. The smallest absolute Gasteiger partial charge is 0.221 e. The van der Waals surface area contributed by atoms with E-state index in [1.54, 1.807) is 28.8 Å². The van der Waals surface area contributed by atoms with Crippen LogP contribution in [0.1, 0.15) is 11.3 Å². The Bertz CT molecular complexity index is 857. The molecule has 0 aliphatic rings. The van der Waals surface area contributed by atoms with E-state index in [1.807, 2.05) is 55.5 Å². The van der Waals surface area contributed by atoms with Crippen molar-refractivity contribution >= 4 is 35.5 Å². The van der Waals surface area contributed by atoms with Gasteiger partial charge in [-0.3, -0.25) is 0 Å². The molecule has 0 saturated heterocycles. The van der Waals surface area contributed by atoms with Crippen molar-refractivity contribution < 1.29 is 0 Å². The second-order valence-corrected chi connectivity index (χ2v) is 6.39. The standard InChI is InChI=1S/C17H15ClN4S/c1-12-11-22(17(19)21-12)20-10-13-6-2-4-8-15(13)23-16-9-5-3-7-14(16)18/h2-11H,1H3,(H2,19,21). The minimum absolute atomic E-state index is 0.370. The molecule has 0 bridgehead atoms. The number of hydrogen-bond acceptors (Lipinski definition) is 4.